The van der Waals surface area contributed by atoms with Crippen molar-refractivity contribution in [3.63, 3.8) is 0 Å². The van der Waals surface area contributed by atoms with Gasteiger partial charge in [0.15, 0.2) is 0 Å². The summed E-state index contributed by atoms with van der Waals surface area (Å²) in [6.07, 6.45) is 3.05. The molecular formula is C20H22N6O3S. The number of likely N-dealkylation sites (N-methyl/N-ethyl adjacent to an activating group) is 1. The molecule has 0 saturated carbocycles. The predicted octanol–water partition coefficient (Wildman–Crippen LogP) is 1.74. The molecular weight excluding hydrogens is 404 g/mol. The Kier molecular flexibility index (Phi) is 6.38. The molecule has 156 valence electrons. The van der Waals surface area contributed by atoms with Crippen LogP contribution in [0, 0.1) is 6.92 Å². The number of rotatable bonds is 7. The van der Waals surface area contributed by atoms with E-state index in [-0.39, 0.29) is 11.4 Å². The first-order chi connectivity index (χ1) is 14.3. The maximum atomic E-state index is 12.6. The highest BCUT2D eigenvalue weighted by molar-refractivity contribution is 7.89. The second-order valence-electron chi connectivity index (χ2n) is 6.69. The van der Waals surface area contributed by atoms with Crippen LogP contribution in [0.15, 0.2) is 71.2 Å². The van der Waals surface area contributed by atoms with E-state index in [1.165, 1.54) is 25.5 Å². The van der Waals surface area contributed by atoms with Crippen molar-refractivity contribution >= 4 is 21.6 Å². The highest BCUT2D eigenvalue weighted by atomic mass is 32.2. The van der Waals surface area contributed by atoms with Gasteiger partial charge in [-0.05, 0) is 43.7 Å². The zero-order valence-corrected chi connectivity index (χ0v) is 17.7. The molecule has 0 atom stereocenters. The van der Waals surface area contributed by atoms with Crippen molar-refractivity contribution in [3.8, 4) is 5.69 Å². The lowest BCUT2D eigenvalue weighted by Crippen LogP contribution is -2.36. The summed E-state index contributed by atoms with van der Waals surface area (Å²) in [6, 6.07) is 13.9. The lowest BCUT2D eigenvalue weighted by Gasteiger charge is -2.16. The van der Waals surface area contributed by atoms with Gasteiger partial charge in [0.05, 0.1) is 22.8 Å². The third-order valence-electron chi connectivity index (χ3n) is 4.41. The van der Waals surface area contributed by atoms with Gasteiger partial charge in [0, 0.05) is 7.05 Å². The van der Waals surface area contributed by atoms with E-state index in [0.717, 1.165) is 21.1 Å². The number of nitrogens with one attached hydrogen (secondary N) is 1. The average molecular weight is 427 g/mol. The first-order valence-corrected chi connectivity index (χ1v) is 10.5. The molecule has 1 N–H and O–H groups in total. The standard InChI is InChI=1S/C20H22N6O3S/c1-15-4-10-19(11-5-15)30(28,29)25(3)12-20(27)24-23-16(2)17-6-8-18(9-7-17)26-14-21-13-22-26/h4-11,13-14H,12H2,1-3H3,(H,24,27)/b23-16+. The van der Waals surface area contributed by atoms with E-state index in [9.17, 15) is 13.2 Å². The van der Waals surface area contributed by atoms with Crippen LogP contribution in [0.1, 0.15) is 18.1 Å². The maximum absolute atomic E-state index is 12.6. The van der Waals surface area contributed by atoms with Crippen LogP contribution in [0.2, 0.25) is 0 Å². The van der Waals surface area contributed by atoms with E-state index in [0.29, 0.717) is 5.71 Å². The van der Waals surface area contributed by atoms with Crippen LogP contribution in [-0.2, 0) is 14.8 Å². The zero-order chi connectivity index (χ0) is 21.7. The molecule has 9 nitrogen and oxygen atoms in total. The second kappa shape index (κ2) is 8.97. The number of sulfonamides is 1. The van der Waals surface area contributed by atoms with Gasteiger partial charge in [0.25, 0.3) is 5.91 Å². The number of hydrazone groups is 1. The number of carbonyl (C=O) groups is 1. The van der Waals surface area contributed by atoms with Gasteiger partial charge in [0.1, 0.15) is 12.7 Å². The van der Waals surface area contributed by atoms with Crippen molar-refractivity contribution in [1.82, 2.24) is 24.5 Å². The van der Waals surface area contributed by atoms with Crippen molar-refractivity contribution in [1.29, 1.82) is 0 Å². The highest BCUT2D eigenvalue weighted by Crippen LogP contribution is 2.14. The highest BCUT2D eigenvalue weighted by Gasteiger charge is 2.22. The van der Waals surface area contributed by atoms with Gasteiger partial charge in [-0.1, -0.05) is 29.8 Å². The normalized spacial score (nSPS) is 12.2. The molecule has 0 spiro atoms. The van der Waals surface area contributed by atoms with Crippen molar-refractivity contribution < 1.29 is 13.2 Å². The number of benzene rings is 2. The summed E-state index contributed by atoms with van der Waals surface area (Å²) in [6.45, 7) is 3.27. The van der Waals surface area contributed by atoms with Gasteiger partial charge in [0.2, 0.25) is 10.0 Å². The number of aromatic nitrogens is 3. The minimum Gasteiger partial charge on any atom is -0.272 e. The molecule has 0 aliphatic rings. The molecule has 2 aromatic carbocycles. The zero-order valence-electron chi connectivity index (χ0n) is 16.8. The van der Waals surface area contributed by atoms with E-state index >= 15 is 0 Å². The molecule has 0 radical (unpaired) electrons. The largest absolute Gasteiger partial charge is 0.272 e. The third kappa shape index (κ3) is 4.97. The molecule has 1 aromatic heterocycles. The van der Waals surface area contributed by atoms with Crippen LogP contribution in [0.25, 0.3) is 5.69 Å². The Morgan fingerprint density at radius 2 is 1.80 bits per heavy atom. The van der Waals surface area contributed by atoms with E-state index < -0.39 is 15.9 Å². The van der Waals surface area contributed by atoms with Gasteiger partial charge < -0.3 is 0 Å². The summed E-state index contributed by atoms with van der Waals surface area (Å²) in [5.74, 6) is -0.535. The fraction of sp³-hybridized carbons (Fsp3) is 0.200. The van der Waals surface area contributed by atoms with Crippen LogP contribution in [0.4, 0.5) is 0 Å². The van der Waals surface area contributed by atoms with Gasteiger partial charge >= 0.3 is 0 Å². The minimum atomic E-state index is -3.76. The predicted molar refractivity (Wildman–Crippen MR) is 113 cm³/mol. The first-order valence-electron chi connectivity index (χ1n) is 9.09. The SMILES string of the molecule is C/C(=N\NC(=O)CN(C)S(=O)(=O)c1ccc(C)cc1)c1ccc(-n2cncn2)cc1. The molecule has 0 bridgehead atoms. The average Bonchev–Trinajstić information content (AvgIpc) is 3.27. The van der Waals surface area contributed by atoms with Crippen molar-refractivity contribution in [2.75, 3.05) is 13.6 Å². The molecule has 3 rings (SSSR count). The lowest BCUT2D eigenvalue weighted by atomic mass is 10.1. The van der Waals surface area contributed by atoms with Gasteiger partial charge in [-0.2, -0.15) is 14.5 Å². The molecule has 1 amide bonds. The fourth-order valence-corrected chi connectivity index (χ4v) is 3.75. The van der Waals surface area contributed by atoms with Gasteiger partial charge in [-0.25, -0.2) is 23.5 Å². The van der Waals surface area contributed by atoms with Crippen molar-refractivity contribution in [3.05, 3.63) is 72.3 Å². The van der Waals surface area contributed by atoms with Crippen LogP contribution in [-0.4, -0.2) is 52.7 Å². The molecule has 0 fully saturated rings. The van der Waals surface area contributed by atoms with E-state index in [2.05, 4.69) is 20.6 Å². The summed E-state index contributed by atoms with van der Waals surface area (Å²) in [5.41, 5.74) is 5.58. The Hall–Kier alpha value is -3.37. The van der Waals surface area contributed by atoms with E-state index in [1.54, 1.807) is 30.1 Å². The smallest absolute Gasteiger partial charge is 0.255 e. The van der Waals surface area contributed by atoms with Crippen LogP contribution >= 0.6 is 0 Å². The number of nitrogens with zero attached hydrogens (tertiary/aromatic N) is 5. The second-order valence-corrected chi connectivity index (χ2v) is 8.74. The number of hydrogen-bond donors (Lipinski definition) is 1. The monoisotopic (exact) mass is 426 g/mol. The third-order valence-corrected chi connectivity index (χ3v) is 6.23. The fourth-order valence-electron chi connectivity index (χ4n) is 2.62. The summed E-state index contributed by atoms with van der Waals surface area (Å²) in [5, 5.41) is 8.13. The molecule has 3 aromatic rings. The Bertz CT molecular complexity index is 1140. The number of carbonyl (C=O) groups excluding carboxylic acids is 1. The minimum absolute atomic E-state index is 0.135. The molecule has 0 unspecified atom stereocenters. The first kappa shape index (κ1) is 21.3. The lowest BCUT2D eigenvalue weighted by molar-refractivity contribution is -0.121. The van der Waals surface area contributed by atoms with Gasteiger partial charge in [-0.15, -0.1) is 0 Å². The molecule has 30 heavy (non-hydrogen) atoms. The molecule has 0 aliphatic carbocycles. The summed E-state index contributed by atoms with van der Waals surface area (Å²) < 4.78 is 27.8. The summed E-state index contributed by atoms with van der Waals surface area (Å²) in [4.78, 5) is 16.2. The van der Waals surface area contributed by atoms with Crippen molar-refractivity contribution in [2.24, 2.45) is 5.10 Å². The Labute approximate surface area is 175 Å². The number of amides is 1. The number of hydrogen-bond acceptors (Lipinski definition) is 6. The molecule has 0 saturated heterocycles. The maximum Gasteiger partial charge on any atom is 0.255 e. The Morgan fingerprint density at radius 3 is 2.40 bits per heavy atom. The van der Waals surface area contributed by atoms with Gasteiger partial charge in [-0.3, -0.25) is 4.79 Å². The Balaban J connectivity index is 1.61. The molecule has 1 heterocycles. The quantitative estimate of drug-likeness (QED) is 0.457. The van der Waals surface area contributed by atoms with Crippen LogP contribution in [0.3, 0.4) is 0 Å². The van der Waals surface area contributed by atoms with E-state index in [1.807, 2.05) is 31.2 Å². The number of aryl methyl sites for hydroxylation is 1. The van der Waals surface area contributed by atoms with Crippen LogP contribution < -0.4 is 5.43 Å². The molecule has 10 heteroatoms. The van der Waals surface area contributed by atoms with Crippen LogP contribution in [0.5, 0.6) is 0 Å². The Morgan fingerprint density at radius 1 is 1.13 bits per heavy atom. The summed E-state index contributed by atoms with van der Waals surface area (Å²) >= 11 is 0. The molecule has 0 aliphatic heterocycles. The topological polar surface area (TPSA) is 110 Å². The van der Waals surface area contributed by atoms with Crippen molar-refractivity contribution in [2.45, 2.75) is 18.7 Å². The summed E-state index contributed by atoms with van der Waals surface area (Å²) in [7, 11) is -2.40. The van der Waals surface area contributed by atoms with E-state index in [4.69, 9.17) is 0 Å².